The van der Waals surface area contributed by atoms with E-state index in [1.54, 1.807) is 6.07 Å². The van der Waals surface area contributed by atoms with Gasteiger partial charge in [0.25, 0.3) is 0 Å². The first-order chi connectivity index (χ1) is 7.49. The SMILES string of the molecule is CC(C)C(O)c1cc(Cl)c2c(c1)CC(=O)N2. The third-order valence-electron chi connectivity index (χ3n) is 2.78. The molecule has 4 heteroatoms. The highest BCUT2D eigenvalue weighted by molar-refractivity contribution is 6.34. The minimum absolute atomic E-state index is 0.0481. The maximum atomic E-state index is 11.2. The lowest BCUT2D eigenvalue weighted by molar-refractivity contribution is -0.115. The standard InChI is InChI=1S/C12H14ClNO2/c1-6(2)12(16)8-3-7-5-10(15)14-11(7)9(13)4-8/h3-4,6,12,16H,5H2,1-2H3,(H,14,15). The Morgan fingerprint density at radius 2 is 2.12 bits per heavy atom. The van der Waals surface area contributed by atoms with Crippen molar-refractivity contribution in [2.75, 3.05) is 5.32 Å². The van der Waals surface area contributed by atoms with E-state index < -0.39 is 6.10 Å². The van der Waals surface area contributed by atoms with Gasteiger partial charge in [0.2, 0.25) is 5.91 Å². The number of amides is 1. The van der Waals surface area contributed by atoms with Gasteiger partial charge >= 0.3 is 0 Å². The van der Waals surface area contributed by atoms with E-state index in [1.165, 1.54) is 0 Å². The van der Waals surface area contributed by atoms with Gasteiger partial charge in [-0.3, -0.25) is 4.79 Å². The van der Waals surface area contributed by atoms with Crippen molar-refractivity contribution in [3.8, 4) is 0 Å². The number of carbonyl (C=O) groups excluding carboxylic acids is 1. The molecule has 1 atom stereocenters. The molecule has 0 bridgehead atoms. The van der Waals surface area contributed by atoms with Crippen LogP contribution in [0.1, 0.15) is 31.1 Å². The van der Waals surface area contributed by atoms with Crippen molar-refractivity contribution in [3.05, 3.63) is 28.3 Å². The average Bonchev–Trinajstić information content (AvgIpc) is 2.57. The maximum Gasteiger partial charge on any atom is 0.228 e. The Hall–Kier alpha value is -1.06. The second kappa shape index (κ2) is 4.07. The normalized spacial score (nSPS) is 16.2. The van der Waals surface area contributed by atoms with Crippen LogP contribution in [0.5, 0.6) is 0 Å². The predicted octanol–water partition coefficient (Wildman–Crippen LogP) is 2.52. The highest BCUT2D eigenvalue weighted by Gasteiger charge is 2.23. The molecule has 1 aliphatic heterocycles. The number of fused-ring (bicyclic) bond motifs is 1. The molecule has 0 aliphatic carbocycles. The Morgan fingerprint density at radius 1 is 1.44 bits per heavy atom. The van der Waals surface area contributed by atoms with Gasteiger partial charge < -0.3 is 10.4 Å². The molecule has 1 unspecified atom stereocenters. The van der Waals surface area contributed by atoms with Crippen LogP contribution in [0.2, 0.25) is 5.02 Å². The average molecular weight is 240 g/mol. The summed E-state index contributed by atoms with van der Waals surface area (Å²) in [5, 5.41) is 13.2. The van der Waals surface area contributed by atoms with E-state index in [9.17, 15) is 9.90 Å². The molecule has 0 spiro atoms. The fourth-order valence-corrected chi connectivity index (χ4v) is 2.17. The van der Waals surface area contributed by atoms with Crippen molar-refractivity contribution < 1.29 is 9.90 Å². The monoisotopic (exact) mass is 239 g/mol. The van der Waals surface area contributed by atoms with E-state index in [-0.39, 0.29) is 11.8 Å². The number of nitrogens with one attached hydrogen (secondary N) is 1. The van der Waals surface area contributed by atoms with Crippen molar-refractivity contribution in [1.82, 2.24) is 0 Å². The summed E-state index contributed by atoms with van der Waals surface area (Å²) >= 11 is 6.06. The largest absolute Gasteiger partial charge is 0.388 e. The molecule has 3 nitrogen and oxygen atoms in total. The van der Waals surface area contributed by atoms with Gasteiger partial charge in [-0.15, -0.1) is 0 Å². The molecule has 0 saturated carbocycles. The van der Waals surface area contributed by atoms with Crippen LogP contribution in [0.3, 0.4) is 0 Å². The van der Waals surface area contributed by atoms with Crippen LogP contribution in [0, 0.1) is 5.92 Å². The zero-order chi connectivity index (χ0) is 11.9. The molecular formula is C12H14ClNO2. The lowest BCUT2D eigenvalue weighted by Gasteiger charge is -2.16. The second-order valence-corrected chi connectivity index (χ2v) is 4.86. The summed E-state index contributed by atoms with van der Waals surface area (Å²) in [7, 11) is 0. The number of anilines is 1. The molecule has 1 amide bonds. The molecule has 2 N–H and O–H groups in total. The molecule has 2 rings (SSSR count). The molecular weight excluding hydrogens is 226 g/mol. The maximum absolute atomic E-state index is 11.2. The van der Waals surface area contributed by atoms with E-state index in [0.29, 0.717) is 17.1 Å². The van der Waals surface area contributed by atoms with E-state index in [4.69, 9.17) is 11.6 Å². The Morgan fingerprint density at radius 3 is 2.75 bits per heavy atom. The van der Waals surface area contributed by atoms with Gasteiger partial charge in [0.15, 0.2) is 0 Å². The van der Waals surface area contributed by atoms with Crippen LogP contribution >= 0.6 is 11.6 Å². The number of rotatable bonds is 2. The van der Waals surface area contributed by atoms with Crippen LogP contribution in [0.4, 0.5) is 5.69 Å². The topological polar surface area (TPSA) is 49.3 Å². The number of benzene rings is 1. The van der Waals surface area contributed by atoms with Crippen molar-refractivity contribution in [1.29, 1.82) is 0 Å². The van der Waals surface area contributed by atoms with Crippen LogP contribution in [0.25, 0.3) is 0 Å². The molecule has 0 radical (unpaired) electrons. The number of hydrogen-bond donors (Lipinski definition) is 2. The lowest BCUT2D eigenvalue weighted by atomic mass is 9.97. The van der Waals surface area contributed by atoms with Crippen LogP contribution in [-0.2, 0) is 11.2 Å². The van der Waals surface area contributed by atoms with Gasteiger partial charge in [-0.1, -0.05) is 31.5 Å². The number of hydrogen-bond acceptors (Lipinski definition) is 2. The second-order valence-electron chi connectivity index (χ2n) is 4.45. The summed E-state index contributed by atoms with van der Waals surface area (Å²) in [5.41, 5.74) is 2.33. The third-order valence-corrected chi connectivity index (χ3v) is 3.08. The molecule has 1 aliphatic rings. The van der Waals surface area contributed by atoms with Crippen molar-refractivity contribution in [3.63, 3.8) is 0 Å². The van der Waals surface area contributed by atoms with Crippen LogP contribution < -0.4 is 5.32 Å². The minimum Gasteiger partial charge on any atom is -0.388 e. The van der Waals surface area contributed by atoms with Crippen LogP contribution in [-0.4, -0.2) is 11.0 Å². The lowest BCUT2D eigenvalue weighted by Crippen LogP contribution is -2.05. The smallest absolute Gasteiger partial charge is 0.228 e. The number of aliphatic hydroxyl groups excluding tert-OH is 1. The quantitative estimate of drug-likeness (QED) is 0.833. The summed E-state index contributed by atoms with van der Waals surface area (Å²) in [5.74, 6) is 0.0762. The zero-order valence-corrected chi connectivity index (χ0v) is 10.0. The Bertz CT molecular complexity index is 443. The van der Waals surface area contributed by atoms with Crippen molar-refractivity contribution in [2.45, 2.75) is 26.4 Å². The number of aliphatic hydroxyl groups is 1. The Labute approximate surface area is 99.4 Å². The van der Waals surface area contributed by atoms with Gasteiger partial charge in [0.1, 0.15) is 0 Å². The van der Waals surface area contributed by atoms with Crippen molar-refractivity contribution >= 4 is 23.2 Å². The number of carbonyl (C=O) groups is 1. The molecule has 16 heavy (non-hydrogen) atoms. The summed E-state index contributed by atoms with van der Waals surface area (Å²) in [6.07, 6.45) is -0.202. The molecule has 86 valence electrons. The van der Waals surface area contributed by atoms with E-state index in [1.807, 2.05) is 19.9 Å². The molecule has 0 saturated heterocycles. The summed E-state index contributed by atoms with van der Waals surface area (Å²) in [6, 6.07) is 3.57. The minimum atomic E-state index is -0.543. The van der Waals surface area contributed by atoms with Gasteiger partial charge in [-0.05, 0) is 23.1 Å². The Balaban J connectivity index is 2.42. The molecule has 1 aromatic carbocycles. The van der Waals surface area contributed by atoms with Crippen molar-refractivity contribution in [2.24, 2.45) is 5.92 Å². The van der Waals surface area contributed by atoms with Gasteiger partial charge in [0.05, 0.1) is 23.2 Å². The molecule has 0 aromatic heterocycles. The fourth-order valence-electron chi connectivity index (χ4n) is 1.88. The third kappa shape index (κ3) is 1.93. The van der Waals surface area contributed by atoms with E-state index in [2.05, 4.69) is 5.32 Å². The first-order valence-corrected chi connectivity index (χ1v) is 5.67. The molecule has 1 heterocycles. The molecule has 1 aromatic rings. The summed E-state index contributed by atoms with van der Waals surface area (Å²) in [6.45, 7) is 3.88. The summed E-state index contributed by atoms with van der Waals surface area (Å²) < 4.78 is 0. The number of halogens is 1. The first kappa shape index (κ1) is 11.4. The fraction of sp³-hybridized carbons (Fsp3) is 0.417. The van der Waals surface area contributed by atoms with Crippen LogP contribution in [0.15, 0.2) is 12.1 Å². The van der Waals surface area contributed by atoms with E-state index in [0.717, 1.165) is 11.1 Å². The van der Waals surface area contributed by atoms with Gasteiger partial charge in [0, 0.05) is 0 Å². The first-order valence-electron chi connectivity index (χ1n) is 5.29. The summed E-state index contributed by atoms with van der Waals surface area (Å²) in [4.78, 5) is 11.2. The Kier molecular flexibility index (Phi) is 2.91. The highest BCUT2D eigenvalue weighted by Crippen LogP contribution is 2.35. The zero-order valence-electron chi connectivity index (χ0n) is 9.25. The molecule has 0 fully saturated rings. The van der Waals surface area contributed by atoms with Gasteiger partial charge in [-0.25, -0.2) is 0 Å². The van der Waals surface area contributed by atoms with Gasteiger partial charge in [-0.2, -0.15) is 0 Å². The predicted molar refractivity (Wildman–Crippen MR) is 63.6 cm³/mol. The highest BCUT2D eigenvalue weighted by atomic mass is 35.5. The van der Waals surface area contributed by atoms with E-state index >= 15 is 0 Å².